The summed E-state index contributed by atoms with van der Waals surface area (Å²) in [4.78, 5) is 10.6. The summed E-state index contributed by atoms with van der Waals surface area (Å²) in [5.41, 5.74) is 0. The average molecular weight is 224 g/mol. The summed E-state index contributed by atoms with van der Waals surface area (Å²) in [7, 11) is 1.22. The summed E-state index contributed by atoms with van der Waals surface area (Å²) in [5.74, 6) is -1.30. The van der Waals surface area contributed by atoms with Gasteiger partial charge in [0.05, 0.1) is 7.11 Å². The second kappa shape index (κ2) is 4.89. The molecule has 1 aromatic heterocycles. The van der Waals surface area contributed by atoms with Crippen LogP contribution in [0.25, 0.3) is 0 Å². The second-order valence-corrected chi connectivity index (χ2v) is 3.00. The molecule has 5 nitrogen and oxygen atoms in total. The number of methoxy groups -OCH3 is 1. The molecule has 1 rings (SSSR count). The van der Waals surface area contributed by atoms with Gasteiger partial charge < -0.3 is 9.15 Å². The van der Waals surface area contributed by atoms with E-state index in [1.54, 1.807) is 0 Å². The minimum Gasteiger partial charge on any atom is -0.468 e. The number of rotatable bonds is 4. The summed E-state index contributed by atoms with van der Waals surface area (Å²) >= 11 is 0.843. The van der Waals surface area contributed by atoms with E-state index in [-0.39, 0.29) is 11.0 Å². The molecule has 0 aliphatic heterocycles. The van der Waals surface area contributed by atoms with E-state index in [0.717, 1.165) is 11.8 Å². The largest absolute Gasteiger partial charge is 0.468 e. The maximum absolute atomic E-state index is 11.9. The van der Waals surface area contributed by atoms with Gasteiger partial charge in [-0.05, 0) is 0 Å². The first kappa shape index (κ1) is 10.9. The number of thioether (sulfide) groups is 1. The zero-order valence-corrected chi connectivity index (χ0v) is 7.88. The number of aromatic nitrogens is 2. The van der Waals surface area contributed by atoms with Gasteiger partial charge in [0.2, 0.25) is 0 Å². The lowest BCUT2D eigenvalue weighted by atomic mass is 10.7. The summed E-state index contributed by atoms with van der Waals surface area (Å²) in [6.07, 6.45) is -2.80. The molecule has 0 aromatic carbocycles. The van der Waals surface area contributed by atoms with Crippen molar-refractivity contribution >= 4 is 17.7 Å². The number of hydrogen-bond acceptors (Lipinski definition) is 6. The van der Waals surface area contributed by atoms with Crippen molar-refractivity contribution < 1.29 is 22.7 Å². The van der Waals surface area contributed by atoms with Gasteiger partial charge in [0.1, 0.15) is 5.75 Å². The minimum atomic E-state index is -2.80. The Morgan fingerprint density at radius 3 is 2.86 bits per heavy atom. The molecule has 1 aromatic rings. The number of carbonyl (C=O) groups is 1. The smallest absolute Gasteiger partial charge is 0.316 e. The molecule has 0 amide bonds. The lowest BCUT2D eigenvalue weighted by molar-refractivity contribution is -0.137. The molecule has 0 aliphatic rings. The van der Waals surface area contributed by atoms with E-state index in [9.17, 15) is 13.6 Å². The van der Waals surface area contributed by atoms with Crippen LogP contribution in [-0.2, 0) is 9.53 Å². The standard InChI is InChI=1S/C6H6F2N2O3S/c1-12-3(11)2-14-6-10-9-5(13-6)4(7)8/h4H,2H2,1H3. The Labute approximate surface area is 81.8 Å². The van der Waals surface area contributed by atoms with Gasteiger partial charge in [-0.3, -0.25) is 4.79 Å². The van der Waals surface area contributed by atoms with Crippen LogP contribution in [0, 0.1) is 0 Å². The first-order chi connectivity index (χ1) is 6.63. The van der Waals surface area contributed by atoms with Crippen LogP contribution in [0.1, 0.15) is 12.3 Å². The molecular weight excluding hydrogens is 218 g/mol. The maximum atomic E-state index is 11.9. The Balaban J connectivity index is 2.48. The van der Waals surface area contributed by atoms with E-state index in [2.05, 4.69) is 19.4 Å². The molecule has 0 spiro atoms. The molecule has 0 unspecified atom stereocenters. The fourth-order valence-corrected chi connectivity index (χ4v) is 1.15. The number of carbonyl (C=O) groups excluding carboxylic acids is 1. The number of halogens is 2. The molecule has 0 saturated heterocycles. The summed E-state index contributed by atoms with van der Waals surface area (Å²) in [6.45, 7) is 0. The molecule has 1 heterocycles. The Morgan fingerprint density at radius 1 is 1.64 bits per heavy atom. The van der Waals surface area contributed by atoms with E-state index in [0.29, 0.717) is 0 Å². The summed E-state index contributed by atoms with van der Waals surface area (Å²) in [5, 5.41) is 6.30. The van der Waals surface area contributed by atoms with Gasteiger partial charge in [0, 0.05) is 0 Å². The summed E-state index contributed by atoms with van der Waals surface area (Å²) < 4.78 is 32.7. The highest BCUT2D eigenvalue weighted by Gasteiger charge is 2.16. The minimum absolute atomic E-state index is 0.0542. The maximum Gasteiger partial charge on any atom is 0.316 e. The highest BCUT2D eigenvalue weighted by atomic mass is 32.2. The van der Waals surface area contributed by atoms with Crippen molar-refractivity contribution in [3.8, 4) is 0 Å². The van der Waals surface area contributed by atoms with Gasteiger partial charge in [0.25, 0.3) is 11.1 Å². The quantitative estimate of drug-likeness (QED) is 0.566. The molecule has 0 bridgehead atoms. The van der Waals surface area contributed by atoms with Crippen LogP contribution in [0.5, 0.6) is 0 Å². The highest BCUT2D eigenvalue weighted by Crippen LogP contribution is 2.22. The molecule has 0 saturated carbocycles. The zero-order valence-electron chi connectivity index (χ0n) is 7.07. The summed E-state index contributed by atoms with van der Waals surface area (Å²) in [6, 6.07) is 0. The SMILES string of the molecule is COC(=O)CSc1nnc(C(F)F)o1. The van der Waals surface area contributed by atoms with Crippen LogP contribution in [0.2, 0.25) is 0 Å². The van der Waals surface area contributed by atoms with Gasteiger partial charge in [-0.2, -0.15) is 8.78 Å². The Hall–Kier alpha value is -1.18. The van der Waals surface area contributed by atoms with Gasteiger partial charge in [-0.1, -0.05) is 11.8 Å². The zero-order chi connectivity index (χ0) is 10.6. The van der Waals surface area contributed by atoms with Crippen molar-refractivity contribution in [2.45, 2.75) is 11.6 Å². The van der Waals surface area contributed by atoms with Crippen molar-refractivity contribution in [2.75, 3.05) is 12.9 Å². The van der Waals surface area contributed by atoms with Crippen LogP contribution in [-0.4, -0.2) is 29.0 Å². The normalized spacial score (nSPS) is 10.6. The second-order valence-electron chi connectivity index (χ2n) is 2.07. The van der Waals surface area contributed by atoms with E-state index < -0.39 is 18.3 Å². The van der Waals surface area contributed by atoms with Crippen molar-refractivity contribution in [1.82, 2.24) is 10.2 Å². The van der Waals surface area contributed by atoms with Crippen molar-refractivity contribution in [2.24, 2.45) is 0 Å². The number of ether oxygens (including phenoxy) is 1. The van der Waals surface area contributed by atoms with Crippen LogP contribution in [0.3, 0.4) is 0 Å². The molecule has 8 heteroatoms. The molecule has 0 N–H and O–H groups in total. The van der Waals surface area contributed by atoms with Gasteiger partial charge >= 0.3 is 12.4 Å². The first-order valence-corrected chi connectivity index (χ1v) is 4.43. The molecule has 0 aliphatic carbocycles. The highest BCUT2D eigenvalue weighted by molar-refractivity contribution is 7.99. The third kappa shape index (κ3) is 2.95. The fourth-order valence-electron chi connectivity index (χ4n) is 0.546. The number of esters is 1. The Kier molecular flexibility index (Phi) is 3.81. The molecule has 14 heavy (non-hydrogen) atoms. The van der Waals surface area contributed by atoms with Crippen LogP contribution < -0.4 is 0 Å². The molecule has 0 radical (unpaired) electrons. The molecule has 0 fully saturated rings. The fraction of sp³-hybridized carbons (Fsp3) is 0.500. The lowest BCUT2D eigenvalue weighted by Gasteiger charge is -1.94. The van der Waals surface area contributed by atoms with Crippen molar-refractivity contribution in [3.63, 3.8) is 0 Å². The predicted molar refractivity (Wildman–Crippen MR) is 42.0 cm³/mol. The molecular formula is C6H6F2N2O3S. The van der Waals surface area contributed by atoms with Crippen LogP contribution in [0.15, 0.2) is 9.64 Å². The Morgan fingerprint density at radius 2 is 2.36 bits per heavy atom. The molecule has 78 valence electrons. The van der Waals surface area contributed by atoms with Crippen molar-refractivity contribution in [3.05, 3.63) is 5.89 Å². The monoisotopic (exact) mass is 224 g/mol. The third-order valence-electron chi connectivity index (χ3n) is 1.15. The van der Waals surface area contributed by atoms with Gasteiger partial charge in [-0.15, -0.1) is 10.2 Å². The van der Waals surface area contributed by atoms with E-state index >= 15 is 0 Å². The third-order valence-corrected chi connectivity index (χ3v) is 1.94. The first-order valence-electron chi connectivity index (χ1n) is 3.44. The molecule has 0 atom stereocenters. The van der Waals surface area contributed by atoms with Gasteiger partial charge in [0.15, 0.2) is 0 Å². The topological polar surface area (TPSA) is 65.2 Å². The Bertz CT molecular complexity index is 318. The number of hydrogen-bond donors (Lipinski definition) is 0. The lowest BCUT2D eigenvalue weighted by Crippen LogP contribution is -2.02. The van der Waals surface area contributed by atoms with E-state index in [1.807, 2.05) is 0 Å². The van der Waals surface area contributed by atoms with Gasteiger partial charge in [-0.25, -0.2) is 0 Å². The average Bonchev–Trinajstić information content (AvgIpc) is 2.62. The van der Waals surface area contributed by atoms with E-state index in [1.165, 1.54) is 7.11 Å². The van der Waals surface area contributed by atoms with E-state index in [4.69, 9.17) is 0 Å². The van der Waals surface area contributed by atoms with Crippen LogP contribution in [0.4, 0.5) is 8.78 Å². The van der Waals surface area contributed by atoms with Crippen LogP contribution >= 0.6 is 11.8 Å². The number of alkyl halides is 2. The predicted octanol–water partition coefficient (Wildman–Crippen LogP) is 1.27. The number of nitrogens with zero attached hydrogens (tertiary/aromatic N) is 2. The van der Waals surface area contributed by atoms with Crippen molar-refractivity contribution in [1.29, 1.82) is 0 Å².